The molecule has 2 rings (SSSR count). The molecule has 1 aliphatic heterocycles. The van der Waals surface area contributed by atoms with E-state index in [9.17, 15) is 4.79 Å². The highest BCUT2D eigenvalue weighted by Gasteiger charge is 2.26. The maximum absolute atomic E-state index is 11.9. The van der Waals surface area contributed by atoms with Crippen LogP contribution in [0.3, 0.4) is 0 Å². The largest absolute Gasteiger partial charge is 0.494 e. The number of morpholine rings is 1. The summed E-state index contributed by atoms with van der Waals surface area (Å²) in [5.41, 5.74) is 7.48. The first-order valence-electron chi connectivity index (χ1n) is 6.51. The molecule has 1 heterocycles. The fourth-order valence-electron chi connectivity index (χ4n) is 2.14. The molecule has 0 spiro atoms. The molecule has 5 nitrogen and oxygen atoms in total. The molecule has 1 amide bonds. The van der Waals surface area contributed by atoms with Crippen LogP contribution in [0.5, 0.6) is 5.75 Å². The normalized spacial score (nSPS) is 19.6. The van der Waals surface area contributed by atoms with Crippen LogP contribution >= 0.6 is 0 Å². The fourth-order valence-corrected chi connectivity index (χ4v) is 2.14. The van der Waals surface area contributed by atoms with Gasteiger partial charge in [0, 0.05) is 12.2 Å². The predicted octanol–water partition coefficient (Wildman–Crippen LogP) is 1.08. The van der Waals surface area contributed by atoms with Crippen LogP contribution in [0.1, 0.15) is 12.5 Å². The summed E-state index contributed by atoms with van der Waals surface area (Å²) < 4.78 is 10.8. The Morgan fingerprint density at radius 2 is 2.32 bits per heavy atom. The second-order valence-corrected chi connectivity index (χ2v) is 4.56. The minimum Gasteiger partial charge on any atom is -0.494 e. The summed E-state index contributed by atoms with van der Waals surface area (Å²) >= 11 is 0. The van der Waals surface area contributed by atoms with Gasteiger partial charge in [-0.25, -0.2) is 0 Å². The maximum atomic E-state index is 11.9. The van der Waals surface area contributed by atoms with Crippen LogP contribution in [0.2, 0.25) is 0 Å². The topological polar surface area (TPSA) is 64.8 Å². The SMILES string of the molecule is CCOc1ccc(N2CC(CN)OCC2=O)cc1C. The second-order valence-electron chi connectivity index (χ2n) is 4.56. The fraction of sp³-hybridized carbons (Fsp3) is 0.500. The number of carbonyl (C=O) groups excluding carboxylic acids is 1. The number of hydrogen-bond acceptors (Lipinski definition) is 4. The molecule has 1 aromatic rings. The van der Waals surface area contributed by atoms with Gasteiger partial charge in [-0.15, -0.1) is 0 Å². The average molecular weight is 264 g/mol. The zero-order chi connectivity index (χ0) is 13.8. The zero-order valence-corrected chi connectivity index (χ0v) is 11.4. The lowest BCUT2D eigenvalue weighted by atomic mass is 10.1. The third-order valence-electron chi connectivity index (χ3n) is 3.16. The Kier molecular flexibility index (Phi) is 4.39. The van der Waals surface area contributed by atoms with Gasteiger partial charge in [0.2, 0.25) is 0 Å². The van der Waals surface area contributed by atoms with E-state index < -0.39 is 0 Å². The van der Waals surface area contributed by atoms with Crippen molar-refractivity contribution in [1.29, 1.82) is 0 Å². The Hall–Kier alpha value is -1.59. The van der Waals surface area contributed by atoms with E-state index in [1.54, 1.807) is 4.90 Å². The first-order chi connectivity index (χ1) is 9.15. The Morgan fingerprint density at radius 1 is 1.53 bits per heavy atom. The molecule has 0 bridgehead atoms. The molecule has 5 heteroatoms. The van der Waals surface area contributed by atoms with Crippen LogP contribution in [0.15, 0.2) is 18.2 Å². The molecule has 0 aliphatic carbocycles. The van der Waals surface area contributed by atoms with E-state index in [2.05, 4.69) is 0 Å². The molecule has 104 valence electrons. The lowest BCUT2D eigenvalue weighted by molar-refractivity contribution is -0.128. The number of ether oxygens (including phenoxy) is 2. The minimum atomic E-state index is -0.0930. The van der Waals surface area contributed by atoms with E-state index in [0.29, 0.717) is 19.7 Å². The maximum Gasteiger partial charge on any atom is 0.253 e. The van der Waals surface area contributed by atoms with Crippen molar-refractivity contribution in [2.45, 2.75) is 20.0 Å². The molecular formula is C14H20N2O3. The first kappa shape index (κ1) is 13.8. The summed E-state index contributed by atoms with van der Waals surface area (Å²) in [6.45, 7) is 5.56. The zero-order valence-electron chi connectivity index (χ0n) is 11.4. The molecule has 1 aliphatic rings. The molecule has 0 radical (unpaired) electrons. The van der Waals surface area contributed by atoms with Crippen LogP contribution in [0.4, 0.5) is 5.69 Å². The minimum absolute atomic E-state index is 0.0340. The van der Waals surface area contributed by atoms with Crippen molar-refractivity contribution in [2.75, 3.05) is 31.2 Å². The van der Waals surface area contributed by atoms with Crippen molar-refractivity contribution in [3.8, 4) is 5.75 Å². The van der Waals surface area contributed by atoms with Gasteiger partial charge in [0.05, 0.1) is 19.3 Å². The monoisotopic (exact) mass is 264 g/mol. The third-order valence-corrected chi connectivity index (χ3v) is 3.16. The molecular weight excluding hydrogens is 244 g/mol. The molecule has 1 fully saturated rings. The molecule has 1 unspecified atom stereocenters. The molecule has 0 aromatic heterocycles. The lowest BCUT2D eigenvalue weighted by Crippen LogP contribution is -2.49. The van der Waals surface area contributed by atoms with E-state index in [0.717, 1.165) is 17.0 Å². The number of carbonyl (C=O) groups is 1. The lowest BCUT2D eigenvalue weighted by Gasteiger charge is -2.32. The Bertz CT molecular complexity index is 462. The van der Waals surface area contributed by atoms with Crippen LogP contribution < -0.4 is 15.4 Å². The van der Waals surface area contributed by atoms with Crippen LogP contribution in [-0.4, -0.2) is 38.3 Å². The Morgan fingerprint density at radius 3 is 2.95 bits per heavy atom. The number of hydrogen-bond donors (Lipinski definition) is 1. The molecule has 0 saturated carbocycles. The number of aryl methyl sites for hydroxylation is 1. The quantitative estimate of drug-likeness (QED) is 0.884. The standard InChI is InChI=1S/C14H20N2O3/c1-3-18-13-5-4-11(6-10(13)2)16-8-12(7-15)19-9-14(16)17/h4-6,12H,3,7-9,15H2,1-2H3. The van der Waals surface area contributed by atoms with E-state index in [1.165, 1.54) is 0 Å². The van der Waals surface area contributed by atoms with Gasteiger partial charge in [-0.1, -0.05) is 0 Å². The number of amides is 1. The number of rotatable bonds is 4. The van der Waals surface area contributed by atoms with E-state index in [4.69, 9.17) is 15.2 Å². The van der Waals surface area contributed by atoms with Gasteiger partial charge in [0.15, 0.2) is 0 Å². The second kappa shape index (κ2) is 6.04. The van der Waals surface area contributed by atoms with Crippen molar-refractivity contribution < 1.29 is 14.3 Å². The predicted molar refractivity (Wildman–Crippen MR) is 73.5 cm³/mol. The number of nitrogens with zero attached hydrogens (tertiary/aromatic N) is 1. The Balaban J connectivity index is 2.20. The summed E-state index contributed by atoms with van der Waals surface area (Å²) in [5, 5.41) is 0. The summed E-state index contributed by atoms with van der Waals surface area (Å²) in [4.78, 5) is 13.6. The van der Waals surface area contributed by atoms with Gasteiger partial charge in [0.25, 0.3) is 5.91 Å². The summed E-state index contributed by atoms with van der Waals surface area (Å²) in [7, 11) is 0. The highest BCUT2D eigenvalue weighted by molar-refractivity contribution is 5.95. The third kappa shape index (κ3) is 3.05. The van der Waals surface area contributed by atoms with Crippen molar-refractivity contribution in [2.24, 2.45) is 5.73 Å². The molecule has 1 atom stereocenters. The van der Waals surface area contributed by atoms with Crippen molar-refractivity contribution in [3.05, 3.63) is 23.8 Å². The van der Waals surface area contributed by atoms with Gasteiger partial charge >= 0.3 is 0 Å². The number of benzene rings is 1. The smallest absolute Gasteiger partial charge is 0.253 e. The van der Waals surface area contributed by atoms with Gasteiger partial charge in [-0.05, 0) is 37.6 Å². The highest BCUT2D eigenvalue weighted by Crippen LogP contribution is 2.26. The molecule has 1 saturated heterocycles. The van der Waals surface area contributed by atoms with E-state index in [1.807, 2.05) is 32.0 Å². The summed E-state index contributed by atoms with van der Waals surface area (Å²) in [5.74, 6) is 0.815. The van der Waals surface area contributed by atoms with E-state index >= 15 is 0 Å². The van der Waals surface area contributed by atoms with Crippen LogP contribution in [-0.2, 0) is 9.53 Å². The van der Waals surface area contributed by atoms with Crippen LogP contribution in [0, 0.1) is 6.92 Å². The van der Waals surface area contributed by atoms with E-state index in [-0.39, 0.29) is 18.6 Å². The number of nitrogens with two attached hydrogens (primary N) is 1. The highest BCUT2D eigenvalue weighted by atomic mass is 16.5. The summed E-state index contributed by atoms with van der Waals surface area (Å²) in [6, 6.07) is 5.75. The van der Waals surface area contributed by atoms with Gasteiger partial charge < -0.3 is 20.1 Å². The molecule has 2 N–H and O–H groups in total. The van der Waals surface area contributed by atoms with Gasteiger partial charge in [-0.2, -0.15) is 0 Å². The molecule has 1 aromatic carbocycles. The van der Waals surface area contributed by atoms with Crippen molar-refractivity contribution in [3.63, 3.8) is 0 Å². The van der Waals surface area contributed by atoms with Crippen molar-refractivity contribution in [1.82, 2.24) is 0 Å². The first-order valence-corrected chi connectivity index (χ1v) is 6.51. The van der Waals surface area contributed by atoms with Gasteiger partial charge in [0.1, 0.15) is 12.4 Å². The number of anilines is 1. The Labute approximate surface area is 113 Å². The van der Waals surface area contributed by atoms with Gasteiger partial charge in [-0.3, -0.25) is 4.79 Å². The van der Waals surface area contributed by atoms with Crippen molar-refractivity contribution >= 4 is 11.6 Å². The average Bonchev–Trinajstić information content (AvgIpc) is 2.42. The summed E-state index contributed by atoms with van der Waals surface area (Å²) in [6.07, 6.45) is -0.0930. The molecule has 19 heavy (non-hydrogen) atoms. The van der Waals surface area contributed by atoms with Crippen LogP contribution in [0.25, 0.3) is 0 Å².